The molecule has 0 aliphatic rings. The van der Waals surface area contributed by atoms with Crippen LogP contribution >= 0.6 is 11.8 Å². The Kier molecular flexibility index (Phi) is 4.27. The van der Waals surface area contributed by atoms with Gasteiger partial charge in [0.1, 0.15) is 0 Å². The van der Waals surface area contributed by atoms with Crippen molar-refractivity contribution < 1.29 is 9.90 Å². The number of rotatable bonds is 4. The van der Waals surface area contributed by atoms with Gasteiger partial charge in [0.25, 0.3) is 0 Å². The summed E-state index contributed by atoms with van der Waals surface area (Å²) < 4.78 is 0. The van der Waals surface area contributed by atoms with Gasteiger partial charge >= 0.3 is 5.97 Å². The van der Waals surface area contributed by atoms with Crippen LogP contribution < -0.4 is 0 Å². The zero-order chi connectivity index (χ0) is 13.8. The van der Waals surface area contributed by atoms with E-state index < -0.39 is 5.97 Å². The predicted octanol–water partition coefficient (Wildman–Crippen LogP) is 4.41. The fourth-order valence-electron chi connectivity index (χ4n) is 1.84. The van der Waals surface area contributed by atoms with Gasteiger partial charge in [-0.25, -0.2) is 4.79 Å². The van der Waals surface area contributed by atoms with E-state index in [1.165, 1.54) is 16.0 Å². The summed E-state index contributed by atoms with van der Waals surface area (Å²) >= 11 is 1.66. The Morgan fingerprint density at radius 1 is 1.16 bits per heavy atom. The monoisotopic (exact) mass is 272 g/mol. The third kappa shape index (κ3) is 3.38. The van der Waals surface area contributed by atoms with E-state index in [-0.39, 0.29) is 0 Å². The van der Waals surface area contributed by atoms with Gasteiger partial charge in [-0.05, 0) is 54.8 Å². The van der Waals surface area contributed by atoms with Gasteiger partial charge in [-0.2, -0.15) is 0 Å². The molecule has 0 aromatic heterocycles. The molecule has 3 heteroatoms. The molecule has 0 atom stereocenters. The molecular formula is C16H16O2S. The second kappa shape index (κ2) is 5.93. The third-order valence-corrected chi connectivity index (χ3v) is 4.16. The van der Waals surface area contributed by atoms with Crippen molar-refractivity contribution in [1.82, 2.24) is 0 Å². The van der Waals surface area contributed by atoms with E-state index in [1.807, 2.05) is 12.1 Å². The average molecular weight is 272 g/mol. The first-order chi connectivity index (χ1) is 9.10. The Bertz CT molecular complexity index is 588. The number of carboxylic acid groups (broad SMARTS) is 1. The molecule has 2 nitrogen and oxygen atoms in total. The number of carbonyl (C=O) groups is 1. The van der Waals surface area contributed by atoms with Crippen molar-refractivity contribution in [3.8, 4) is 0 Å². The first-order valence-corrected chi connectivity index (χ1v) is 7.02. The molecule has 0 aliphatic carbocycles. The van der Waals surface area contributed by atoms with E-state index in [4.69, 9.17) is 5.11 Å². The molecule has 0 fully saturated rings. The highest BCUT2D eigenvalue weighted by Crippen LogP contribution is 2.30. The van der Waals surface area contributed by atoms with Crippen molar-refractivity contribution in [1.29, 1.82) is 0 Å². The predicted molar refractivity (Wildman–Crippen MR) is 78.1 cm³/mol. The van der Waals surface area contributed by atoms with Gasteiger partial charge in [0.15, 0.2) is 0 Å². The lowest BCUT2D eigenvalue weighted by Gasteiger charge is -2.07. The molecule has 2 aromatic carbocycles. The molecule has 0 bridgehead atoms. The lowest BCUT2D eigenvalue weighted by molar-refractivity contribution is 0.0697. The standard InChI is InChI=1S/C16H16O2S/c1-3-12-4-9-15(11(2)10-12)19-14-7-5-13(6-8-14)16(17)18/h4-10H,3H2,1-2H3,(H,17,18). The van der Waals surface area contributed by atoms with Crippen LogP contribution in [0.2, 0.25) is 0 Å². The maximum absolute atomic E-state index is 10.8. The molecule has 0 amide bonds. The van der Waals surface area contributed by atoms with E-state index >= 15 is 0 Å². The topological polar surface area (TPSA) is 37.3 Å². The van der Waals surface area contributed by atoms with Crippen molar-refractivity contribution in [2.45, 2.75) is 30.1 Å². The highest BCUT2D eigenvalue weighted by molar-refractivity contribution is 7.99. The van der Waals surface area contributed by atoms with Crippen molar-refractivity contribution >= 4 is 17.7 Å². The van der Waals surface area contributed by atoms with Crippen LogP contribution in [0, 0.1) is 6.92 Å². The number of hydrogen-bond donors (Lipinski definition) is 1. The minimum atomic E-state index is -0.889. The molecule has 2 aromatic rings. The van der Waals surface area contributed by atoms with Crippen LogP contribution in [-0.2, 0) is 6.42 Å². The van der Waals surface area contributed by atoms with Gasteiger partial charge in [-0.15, -0.1) is 0 Å². The minimum Gasteiger partial charge on any atom is -0.478 e. The van der Waals surface area contributed by atoms with Gasteiger partial charge in [0, 0.05) is 9.79 Å². The Balaban J connectivity index is 2.19. The Labute approximate surface area is 117 Å². The van der Waals surface area contributed by atoms with E-state index in [0.29, 0.717) is 5.56 Å². The molecule has 0 aliphatic heterocycles. The van der Waals surface area contributed by atoms with Gasteiger partial charge in [0.05, 0.1) is 5.56 Å². The first-order valence-electron chi connectivity index (χ1n) is 6.21. The molecule has 0 saturated carbocycles. The normalized spacial score (nSPS) is 10.4. The van der Waals surface area contributed by atoms with Crippen LogP contribution in [0.25, 0.3) is 0 Å². The fourth-order valence-corrected chi connectivity index (χ4v) is 2.72. The summed E-state index contributed by atoms with van der Waals surface area (Å²) in [5, 5.41) is 8.86. The maximum atomic E-state index is 10.8. The van der Waals surface area contributed by atoms with E-state index in [0.717, 1.165) is 11.3 Å². The molecule has 2 rings (SSSR count). The number of aryl methyl sites for hydroxylation is 2. The number of hydrogen-bond acceptors (Lipinski definition) is 2. The second-order valence-corrected chi connectivity index (χ2v) is 5.50. The molecule has 0 unspecified atom stereocenters. The molecular weight excluding hydrogens is 256 g/mol. The molecule has 19 heavy (non-hydrogen) atoms. The highest BCUT2D eigenvalue weighted by atomic mass is 32.2. The van der Waals surface area contributed by atoms with Gasteiger partial charge in [-0.1, -0.05) is 30.8 Å². The summed E-state index contributed by atoms with van der Waals surface area (Å²) in [5.41, 5.74) is 2.91. The van der Waals surface area contributed by atoms with Crippen molar-refractivity contribution in [3.63, 3.8) is 0 Å². The smallest absolute Gasteiger partial charge is 0.335 e. The van der Waals surface area contributed by atoms with Crippen LogP contribution in [0.3, 0.4) is 0 Å². The van der Waals surface area contributed by atoms with Crippen LogP contribution in [0.1, 0.15) is 28.4 Å². The summed E-state index contributed by atoms with van der Waals surface area (Å²) in [6.45, 7) is 4.25. The quantitative estimate of drug-likeness (QED) is 0.896. The lowest BCUT2D eigenvalue weighted by atomic mass is 10.1. The maximum Gasteiger partial charge on any atom is 0.335 e. The summed E-state index contributed by atoms with van der Waals surface area (Å²) in [6.07, 6.45) is 1.04. The van der Waals surface area contributed by atoms with Crippen LogP contribution in [0.15, 0.2) is 52.3 Å². The summed E-state index contributed by atoms with van der Waals surface area (Å²) in [4.78, 5) is 13.1. The van der Waals surface area contributed by atoms with Crippen molar-refractivity contribution in [2.75, 3.05) is 0 Å². The second-order valence-electron chi connectivity index (χ2n) is 4.38. The Hall–Kier alpha value is -1.74. The zero-order valence-electron chi connectivity index (χ0n) is 11.0. The molecule has 98 valence electrons. The van der Waals surface area contributed by atoms with Crippen LogP contribution in [-0.4, -0.2) is 11.1 Å². The molecule has 1 N–H and O–H groups in total. The van der Waals surface area contributed by atoms with Crippen molar-refractivity contribution in [2.24, 2.45) is 0 Å². The van der Waals surface area contributed by atoms with Crippen LogP contribution in [0.5, 0.6) is 0 Å². The molecule has 0 saturated heterocycles. The lowest BCUT2D eigenvalue weighted by Crippen LogP contribution is -1.94. The number of aromatic carboxylic acids is 1. The number of carboxylic acids is 1. The van der Waals surface area contributed by atoms with E-state index in [1.54, 1.807) is 23.9 Å². The summed E-state index contributed by atoms with van der Waals surface area (Å²) in [5.74, 6) is -0.889. The van der Waals surface area contributed by atoms with Crippen molar-refractivity contribution in [3.05, 3.63) is 59.2 Å². The Morgan fingerprint density at radius 2 is 1.84 bits per heavy atom. The van der Waals surface area contributed by atoms with Gasteiger partial charge in [-0.3, -0.25) is 0 Å². The van der Waals surface area contributed by atoms with Gasteiger partial charge < -0.3 is 5.11 Å². The van der Waals surface area contributed by atoms with E-state index in [9.17, 15) is 4.79 Å². The molecule has 0 spiro atoms. The first kappa shape index (κ1) is 13.7. The van der Waals surface area contributed by atoms with E-state index in [2.05, 4.69) is 32.0 Å². The fraction of sp³-hybridized carbons (Fsp3) is 0.188. The highest BCUT2D eigenvalue weighted by Gasteiger charge is 2.05. The zero-order valence-corrected chi connectivity index (χ0v) is 11.8. The molecule has 0 heterocycles. The summed E-state index contributed by atoms with van der Waals surface area (Å²) in [6, 6.07) is 13.4. The van der Waals surface area contributed by atoms with Crippen LogP contribution in [0.4, 0.5) is 0 Å². The third-order valence-electron chi connectivity index (χ3n) is 2.98. The SMILES string of the molecule is CCc1ccc(Sc2ccc(C(=O)O)cc2)c(C)c1. The van der Waals surface area contributed by atoms with Gasteiger partial charge in [0.2, 0.25) is 0 Å². The molecule has 0 radical (unpaired) electrons. The average Bonchev–Trinajstić information content (AvgIpc) is 2.41. The number of benzene rings is 2. The minimum absolute atomic E-state index is 0.322. The summed E-state index contributed by atoms with van der Waals surface area (Å²) in [7, 11) is 0. The Morgan fingerprint density at radius 3 is 2.37 bits per heavy atom. The largest absolute Gasteiger partial charge is 0.478 e.